The zero-order chi connectivity index (χ0) is 36.7. The van der Waals surface area contributed by atoms with E-state index in [1.165, 1.54) is 12.0 Å². The second kappa shape index (κ2) is 14.2. The van der Waals surface area contributed by atoms with Gasteiger partial charge in [0.25, 0.3) is 0 Å². The molecular formula is C36H36Cl2N8O6. The Morgan fingerprint density at radius 1 is 1.08 bits per heavy atom. The lowest BCUT2D eigenvalue weighted by molar-refractivity contribution is -0.119. The number of aromatic nitrogens is 5. The Balaban J connectivity index is 1.17. The van der Waals surface area contributed by atoms with Gasteiger partial charge >= 0.3 is 6.09 Å². The predicted molar refractivity (Wildman–Crippen MR) is 194 cm³/mol. The number of nitrogens with one attached hydrogen (secondary N) is 1. The van der Waals surface area contributed by atoms with E-state index in [-0.39, 0.29) is 30.9 Å². The fourth-order valence-corrected chi connectivity index (χ4v) is 7.43. The molecule has 2 aliphatic heterocycles. The number of carbonyl (C=O) groups is 2. The van der Waals surface area contributed by atoms with Crippen LogP contribution in [0.2, 0.25) is 10.0 Å². The molecule has 5 aromatic rings. The number of hydrogen-bond acceptors (Lipinski definition) is 10. The molecule has 1 atom stereocenters. The maximum atomic E-state index is 12.1. The van der Waals surface area contributed by atoms with Gasteiger partial charge in [0.05, 0.1) is 54.3 Å². The van der Waals surface area contributed by atoms with Gasteiger partial charge in [-0.1, -0.05) is 41.4 Å². The summed E-state index contributed by atoms with van der Waals surface area (Å²) in [7, 11) is 3.03. The van der Waals surface area contributed by atoms with Crippen LogP contribution in [-0.4, -0.2) is 102 Å². The number of pyridine rings is 3. The number of amides is 2. The Kier molecular flexibility index (Phi) is 9.65. The number of carbonyl (C=O) groups excluding carboxylic acids is 1. The van der Waals surface area contributed by atoms with Crippen molar-refractivity contribution in [1.82, 2.24) is 39.7 Å². The van der Waals surface area contributed by atoms with Crippen molar-refractivity contribution >= 4 is 40.8 Å². The number of likely N-dealkylation sites (tertiary alicyclic amines) is 1. The molecule has 3 N–H and O–H groups in total. The van der Waals surface area contributed by atoms with Gasteiger partial charge in [0.1, 0.15) is 0 Å². The average molecular weight is 748 g/mol. The average Bonchev–Trinajstić information content (AvgIpc) is 3.72. The number of halogens is 2. The summed E-state index contributed by atoms with van der Waals surface area (Å²) in [5.41, 5.74) is 3.97. The normalized spacial score (nSPS) is 16.8. The van der Waals surface area contributed by atoms with Crippen molar-refractivity contribution in [3.8, 4) is 45.3 Å². The number of carboxylic acid groups (broad SMARTS) is 1. The SMILES string of the molecule is COc1nc(-c2cccc(-c3ccnc(-c4cc(OC)c5nc(CN6CC(C)(O)C6)nn5c4)c3Cl)c2Cl)ccc1CN(CC1CCC(=O)N1)C(=O)O. The zero-order valence-electron chi connectivity index (χ0n) is 28.6. The molecule has 14 nitrogen and oxygen atoms in total. The number of benzene rings is 1. The van der Waals surface area contributed by atoms with Gasteiger partial charge in [0, 0.05) is 72.3 Å². The summed E-state index contributed by atoms with van der Waals surface area (Å²) in [6.07, 6.45) is 3.29. The third kappa shape index (κ3) is 7.06. The molecule has 52 heavy (non-hydrogen) atoms. The largest absolute Gasteiger partial charge is 0.493 e. The van der Waals surface area contributed by atoms with Crippen LogP contribution in [0.15, 0.2) is 54.9 Å². The molecule has 7 rings (SSSR count). The summed E-state index contributed by atoms with van der Waals surface area (Å²) < 4.78 is 12.9. The van der Waals surface area contributed by atoms with Crippen molar-refractivity contribution in [1.29, 1.82) is 0 Å². The van der Waals surface area contributed by atoms with E-state index >= 15 is 0 Å². The van der Waals surface area contributed by atoms with Crippen LogP contribution >= 0.6 is 23.2 Å². The van der Waals surface area contributed by atoms with Crippen LogP contribution in [0, 0.1) is 0 Å². The van der Waals surface area contributed by atoms with Crippen LogP contribution in [0.5, 0.6) is 11.6 Å². The summed E-state index contributed by atoms with van der Waals surface area (Å²) in [6, 6.07) is 12.4. The number of methoxy groups -OCH3 is 2. The molecule has 0 bridgehead atoms. The minimum absolute atomic E-state index is 0.0233. The standard InChI is InChI=1S/C36H36Cl2N8O6/c1-36(50)18-44(19-36)17-28-42-33-27(51-2)13-21(15-46(33)43-28)32-31(38)24(11-12-39-32)23-5-4-6-25(30(23)37)26-9-7-20(34(41-26)52-3)14-45(35(48)49)16-22-8-10-29(47)40-22/h4-7,9,11-13,15,22,50H,8,10,14,16-19H2,1-3H3,(H,40,47)(H,48,49). The third-order valence-electron chi connectivity index (χ3n) is 9.17. The maximum Gasteiger partial charge on any atom is 0.407 e. The first-order valence-corrected chi connectivity index (χ1v) is 17.3. The summed E-state index contributed by atoms with van der Waals surface area (Å²) >= 11 is 14.2. The summed E-state index contributed by atoms with van der Waals surface area (Å²) in [6.45, 7) is 3.56. The van der Waals surface area contributed by atoms with Crippen LogP contribution in [0.4, 0.5) is 4.79 Å². The highest BCUT2D eigenvalue weighted by molar-refractivity contribution is 6.39. The van der Waals surface area contributed by atoms with E-state index < -0.39 is 11.7 Å². The summed E-state index contributed by atoms with van der Waals surface area (Å²) in [5, 5.41) is 28.2. The first kappa shape index (κ1) is 35.4. The number of nitrogens with zero attached hydrogens (tertiary/aromatic N) is 7. The van der Waals surface area contributed by atoms with Gasteiger partial charge in [-0.2, -0.15) is 0 Å². The molecule has 0 radical (unpaired) electrons. The molecule has 0 aliphatic carbocycles. The summed E-state index contributed by atoms with van der Waals surface area (Å²) in [4.78, 5) is 41.0. The van der Waals surface area contributed by atoms with E-state index in [4.69, 9.17) is 37.7 Å². The molecule has 270 valence electrons. The maximum absolute atomic E-state index is 12.1. The molecule has 16 heteroatoms. The Morgan fingerprint density at radius 2 is 1.85 bits per heavy atom. The van der Waals surface area contributed by atoms with E-state index in [0.717, 1.165) is 0 Å². The predicted octanol–water partition coefficient (Wildman–Crippen LogP) is 5.17. The first-order chi connectivity index (χ1) is 24.9. The Bertz CT molecular complexity index is 2190. The van der Waals surface area contributed by atoms with Crippen molar-refractivity contribution in [3.63, 3.8) is 0 Å². The topological polar surface area (TPSA) is 168 Å². The monoisotopic (exact) mass is 746 g/mol. The Hall–Kier alpha value is -5.02. The molecule has 4 aromatic heterocycles. The van der Waals surface area contributed by atoms with E-state index in [9.17, 15) is 19.8 Å². The highest BCUT2D eigenvalue weighted by atomic mass is 35.5. The highest BCUT2D eigenvalue weighted by Crippen LogP contribution is 2.42. The highest BCUT2D eigenvalue weighted by Gasteiger charge is 2.37. The van der Waals surface area contributed by atoms with E-state index in [1.54, 1.807) is 49.1 Å². The number of fused-ring (bicyclic) bond motifs is 1. The van der Waals surface area contributed by atoms with Crippen LogP contribution in [-0.2, 0) is 17.9 Å². The molecule has 2 saturated heterocycles. The van der Waals surface area contributed by atoms with Crippen LogP contribution in [0.3, 0.4) is 0 Å². The second-order valence-corrected chi connectivity index (χ2v) is 14.0. The van der Waals surface area contributed by atoms with Gasteiger partial charge in [0.2, 0.25) is 11.8 Å². The summed E-state index contributed by atoms with van der Waals surface area (Å²) in [5.74, 6) is 1.26. The second-order valence-electron chi connectivity index (χ2n) is 13.3. The molecule has 2 amide bonds. The lowest BCUT2D eigenvalue weighted by Gasteiger charge is -2.43. The van der Waals surface area contributed by atoms with E-state index in [0.29, 0.717) is 98.9 Å². The fourth-order valence-electron chi connectivity index (χ4n) is 6.78. The number of aliphatic hydroxyl groups is 1. The fraction of sp³-hybridized carbons (Fsp3) is 0.333. The number of rotatable bonds is 11. The number of hydrogen-bond donors (Lipinski definition) is 3. The van der Waals surface area contributed by atoms with E-state index in [1.807, 2.05) is 24.3 Å². The molecule has 0 spiro atoms. The minimum atomic E-state index is -1.11. The van der Waals surface area contributed by atoms with Crippen molar-refractivity contribution in [3.05, 3.63) is 76.3 Å². The molecule has 0 saturated carbocycles. The van der Waals surface area contributed by atoms with Crippen molar-refractivity contribution in [2.24, 2.45) is 0 Å². The quantitative estimate of drug-likeness (QED) is 0.163. The van der Waals surface area contributed by atoms with Gasteiger partial charge in [-0.3, -0.25) is 14.7 Å². The van der Waals surface area contributed by atoms with Gasteiger partial charge in [0.15, 0.2) is 17.2 Å². The minimum Gasteiger partial charge on any atom is -0.493 e. The van der Waals surface area contributed by atoms with Gasteiger partial charge < -0.3 is 29.9 Å². The van der Waals surface area contributed by atoms with Gasteiger partial charge in [-0.15, -0.1) is 5.10 Å². The zero-order valence-corrected chi connectivity index (χ0v) is 30.1. The molecule has 2 fully saturated rings. The molecular weight excluding hydrogens is 711 g/mol. The molecule has 2 aliphatic rings. The van der Waals surface area contributed by atoms with Gasteiger partial charge in [-0.25, -0.2) is 19.3 Å². The number of β-amino-alcohol motifs (C(OH)–C–C–N with tert-alkyl or cyclic N) is 1. The van der Waals surface area contributed by atoms with Crippen molar-refractivity contribution < 1.29 is 29.3 Å². The Morgan fingerprint density at radius 3 is 2.54 bits per heavy atom. The number of ether oxygens (including phenoxy) is 2. The third-order valence-corrected chi connectivity index (χ3v) is 9.96. The lowest BCUT2D eigenvalue weighted by atomic mass is 9.97. The molecule has 6 heterocycles. The first-order valence-electron chi connectivity index (χ1n) is 16.6. The van der Waals surface area contributed by atoms with Crippen molar-refractivity contribution in [2.45, 2.75) is 44.5 Å². The van der Waals surface area contributed by atoms with Gasteiger partial charge in [-0.05, 0) is 37.6 Å². The molecule has 1 aromatic carbocycles. The molecule has 1 unspecified atom stereocenters. The van der Waals surface area contributed by atoms with E-state index in [2.05, 4.69) is 25.3 Å². The van der Waals surface area contributed by atoms with Crippen LogP contribution < -0.4 is 14.8 Å². The van der Waals surface area contributed by atoms with Crippen LogP contribution in [0.1, 0.15) is 31.2 Å². The Labute approximate surface area is 308 Å². The lowest BCUT2D eigenvalue weighted by Crippen LogP contribution is -2.59. The smallest absolute Gasteiger partial charge is 0.407 e. The van der Waals surface area contributed by atoms with Crippen molar-refractivity contribution in [2.75, 3.05) is 33.9 Å². The van der Waals surface area contributed by atoms with Crippen LogP contribution in [0.25, 0.3) is 39.3 Å².